The number of fused-ring (bicyclic) bond motifs is 1. The third kappa shape index (κ3) is 5.85. The number of halogens is 3. The normalized spacial score (nSPS) is 15.7. The zero-order valence-electron chi connectivity index (χ0n) is 22.6. The zero-order valence-corrected chi connectivity index (χ0v) is 24.9. The minimum absolute atomic E-state index is 0.0943. The Bertz CT molecular complexity index is 1600. The number of hydrogen-bond acceptors (Lipinski definition) is 7. The van der Waals surface area contributed by atoms with Gasteiger partial charge in [0.1, 0.15) is 5.82 Å². The number of nitrogens with zero attached hydrogens (tertiary/aromatic N) is 3. The van der Waals surface area contributed by atoms with Crippen LogP contribution in [-0.4, -0.2) is 67.3 Å². The standard InChI is InChI=1S/C30H27Cl2FN4O4S/c1-35-14-19(13-34)18-9-23(31)27(24(32)10-18)29(38)37-15-17-3-2-4-20(28(17)42-16-37)21-12-26(36-5-7-41-8-6-36)22(30(39)40)11-25(21)33/h2-4,9-14H,5-8,15-16,34H2,1H3,(H,39,40). The van der Waals surface area contributed by atoms with Crippen molar-refractivity contribution in [2.75, 3.05) is 44.1 Å². The van der Waals surface area contributed by atoms with E-state index in [0.717, 1.165) is 16.5 Å². The van der Waals surface area contributed by atoms with Gasteiger partial charge in [0.15, 0.2) is 0 Å². The molecule has 2 aliphatic rings. The van der Waals surface area contributed by atoms with E-state index in [1.54, 1.807) is 48.5 Å². The van der Waals surface area contributed by atoms with Crippen molar-refractivity contribution in [2.24, 2.45) is 10.7 Å². The Morgan fingerprint density at radius 3 is 2.48 bits per heavy atom. The number of carbonyl (C=O) groups is 2. The van der Waals surface area contributed by atoms with Crippen LogP contribution in [0.1, 0.15) is 31.8 Å². The quantitative estimate of drug-likeness (QED) is 0.320. The lowest BCUT2D eigenvalue weighted by atomic mass is 9.98. The molecule has 3 N–H and O–H groups in total. The predicted octanol–water partition coefficient (Wildman–Crippen LogP) is 6.04. The molecule has 0 aromatic heterocycles. The molecule has 0 saturated carbocycles. The van der Waals surface area contributed by atoms with Crippen LogP contribution < -0.4 is 10.6 Å². The van der Waals surface area contributed by atoms with E-state index < -0.39 is 11.8 Å². The molecule has 1 fully saturated rings. The third-order valence-electron chi connectivity index (χ3n) is 7.10. The van der Waals surface area contributed by atoms with E-state index in [-0.39, 0.29) is 39.5 Å². The second-order valence-electron chi connectivity index (χ2n) is 9.65. The molecule has 1 amide bonds. The van der Waals surface area contributed by atoms with Gasteiger partial charge in [0.25, 0.3) is 5.91 Å². The second-order valence-corrected chi connectivity index (χ2v) is 11.4. The van der Waals surface area contributed by atoms with Crippen molar-refractivity contribution in [3.05, 3.63) is 86.8 Å². The molecule has 0 radical (unpaired) electrons. The molecule has 0 spiro atoms. The summed E-state index contributed by atoms with van der Waals surface area (Å²) in [5, 5.41) is 10.1. The Kier molecular flexibility index (Phi) is 9.08. The highest BCUT2D eigenvalue weighted by Crippen LogP contribution is 2.42. The molecule has 0 atom stereocenters. The van der Waals surface area contributed by atoms with Crippen LogP contribution in [0.2, 0.25) is 10.0 Å². The van der Waals surface area contributed by atoms with Crippen LogP contribution in [0.25, 0.3) is 16.7 Å². The second kappa shape index (κ2) is 12.7. The fourth-order valence-corrected chi connectivity index (χ4v) is 6.87. The van der Waals surface area contributed by atoms with Crippen molar-refractivity contribution in [2.45, 2.75) is 11.4 Å². The number of hydrogen-bond donors (Lipinski definition) is 2. The largest absolute Gasteiger partial charge is 0.478 e. The van der Waals surface area contributed by atoms with Gasteiger partial charge in [-0.1, -0.05) is 41.4 Å². The Morgan fingerprint density at radius 1 is 1.12 bits per heavy atom. The van der Waals surface area contributed by atoms with E-state index >= 15 is 4.39 Å². The molecule has 3 aromatic rings. The first-order valence-electron chi connectivity index (χ1n) is 13.0. The molecule has 42 heavy (non-hydrogen) atoms. The lowest BCUT2D eigenvalue weighted by molar-refractivity contribution is 0.0695. The summed E-state index contributed by atoms with van der Waals surface area (Å²) in [5.41, 5.74) is 9.23. The van der Waals surface area contributed by atoms with Crippen LogP contribution in [0.5, 0.6) is 0 Å². The van der Waals surface area contributed by atoms with Gasteiger partial charge >= 0.3 is 5.97 Å². The van der Waals surface area contributed by atoms with Gasteiger partial charge in [-0.15, -0.1) is 11.8 Å². The molecule has 0 aliphatic carbocycles. The van der Waals surface area contributed by atoms with E-state index in [9.17, 15) is 14.7 Å². The van der Waals surface area contributed by atoms with Crippen LogP contribution in [0.15, 0.2) is 58.6 Å². The molecular weight excluding hydrogens is 602 g/mol. The predicted molar refractivity (Wildman–Crippen MR) is 165 cm³/mol. The number of carboxylic acid groups (broad SMARTS) is 1. The number of nitrogens with two attached hydrogens (primary N) is 1. The number of ether oxygens (including phenoxy) is 1. The summed E-state index contributed by atoms with van der Waals surface area (Å²) in [6.07, 6.45) is 2.95. The monoisotopic (exact) mass is 628 g/mol. The minimum Gasteiger partial charge on any atom is -0.478 e. The van der Waals surface area contributed by atoms with E-state index in [0.29, 0.717) is 54.3 Å². The summed E-state index contributed by atoms with van der Waals surface area (Å²) in [4.78, 5) is 33.9. The molecular formula is C30H27Cl2FN4O4S. The fraction of sp³-hybridized carbons (Fsp3) is 0.233. The fourth-order valence-electron chi connectivity index (χ4n) is 5.08. The topological polar surface area (TPSA) is 108 Å². The molecule has 1 saturated heterocycles. The van der Waals surface area contributed by atoms with Gasteiger partial charge in [0.05, 0.1) is 46.0 Å². The Morgan fingerprint density at radius 2 is 1.83 bits per heavy atom. The number of allylic oxidation sites excluding steroid dienone is 1. The van der Waals surface area contributed by atoms with Crippen molar-refractivity contribution in [3.63, 3.8) is 0 Å². The summed E-state index contributed by atoms with van der Waals surface area (Å²) in [5.74, 6) is -1.89. The molecule has 0 unspecified atom stereocenters. The number of carbonyl (C=O) groups excluding carboxylic acids is 1. The first kappa shape index (κ1) is 29.9. The average Bonchev–Trinajstić information content (AvgIpc) is 2.99. The van der Waals surface area contributed by atoms with Gasteiger partial charge in [-0.3, -0.25) is 9.79 Å². The summed E-state index contributed by atoms with van der Waals surface area (Å²) in [6, 6.07) is 11.4. The number of benzene rings is 3. The minimum atomic E-state index is -1.19. The number of carboxylic acids is 1. The highest BCUT2D eigenvalue weighted by atomic mass is 35.5. The van der Waals surface area contributed by atoms with Gasteiger partial charge in [-0.2, -0.15) is 0 Å². The van der Waals surface area contributed by atoms with Crippen LogP contribution in [0, 0.1) is 5.82 Å². The van der Waals surface area contributed by atoms with E-state index in [2.05, 4.69) is 4.99 Å². The molecule has 0 bridgehead atoms. The molecule has 218 valence electrons. The van der Waals surface area contributed by atoms with E-state index in [4.69, 9.17) is 33.7 Å². The van der Waals surface area contributed by atoms with E-state index in [1.165, 1.54) is 18.0 Å². The average molecular weight is 630 g/mol. The number of morpholine rings is 1. The Labute approximate surface area is 256 Å². The first-order valence-corrected chi connectivity index (χ1v) is 14.7. The SMILES string of the molecule is CN=CC(=CN)c1cc(Cl)c(C(=O)N2CSc3c(cccc3-c3cc(N4CCOCC4)c(C(=O)O)cc3F)C2)c(Cl)c1. The van der Waals surface area contributed by atoms with Gasteiger partial charge in [0, 0.05) is 55.1 Å². The summed E-state index contributed by atoms with van der Waals surface area (Å²) in [7, 11) is 1.62. The highest BCUT2D eigenvalue weighted by Gasteiger charge is 2.29. The smallest absolute Gasteiger partial charge is 0.337 e. The van der Waals surface area contributed by atoms with Crippen molar-refractivity contribution in [1.82, 2.24) is 4.90 Å². The number of thioether (sulfide) groups is 1. The van der Waals surface area contributed by atoms with Crippen LogP contribution in [0.3, 0.4) is 0 Å². The number of aliphatic imine (C=N–C) groups is 1. The van der Waals surface area contributed by atoms with Crippen LogP contribution in [0.4, 0.5) is 10.1 Å². The molecule has 8 nitrogen and oxygen atoms in total. The summed E-state index contributed by atoms with van der Waals surface area (Å²) >= 11 is 14.5. The van der Waals surface area contributed by atoms with Gasteiger partial charge in [0.2, 0.25) is 0 Å². The number of anilines is 1. The number of amides is 1. The van der Waals surface area contributed by atoms with Crippen LogP contribution in [-0.2, 0) is 11.3 Å². The lowest BCUT2D eigenvalue weighted by Crippen LogP contribution is -2.37. The zero-order chi connectivity index (χ0) is 30.0. The van der Waals surface area contributed by atoms with Crippen molar-refractivity contribution >= 4 is 64.3 Å². The lowest BCUT2D eigenvalue weighted by Gasteiger charge is -2.32. The van der Waals surface area contributed by atoms with Crippen molar-refractivity contribution < 1.29 is 23.8 Å². The maximum atomic E-state index is 15.5. The third-order valence-corrected chi connectivity index (χ3v) is 8.91. The Balaban J connectivity index is 1.47. The molecule has 2 heterocycles. The van der Waals surface area contributed by atoms with E-state index in [1.807, 2.05) is 11.0 Å². The molecule has 2 aliphatic heterocycles. The molecule has 12 heteroatoms. The first-order chi connectivity index (χ1) is 20.2. The Hall–Kier alpha value is -3.57. The van der Waals surface area contributed by atoms with Crippen molar-refractivity contribution in [1.29, 1.82) is 0 Å². The molecule has 5 rings (SSSR count). The van der Waals surface area contributed by atoms with Gasteiger partial charge < -0.3 is 25.4 Å². The highest BCUT2D eigenvalue weighted by molar-refractivity contribution is 7.99. The number of aromatic carboxylic acids is 1. The number of rotatable bonds is 6. The van der Waals surface area contributed by atoms with Crippen molar-refractivity contribution in [3.8, 4) is 11.1 Å². The van der Waals surface area contributed by atoms with Crippen LogP contribution >= 0.6 is 35.0 Å². The van der Waals surface area contributed by atoms with Gasteiger partial charge in [-0.05, 0) is 41.0 Å². The summed E-state index contributed by atoms with van der Waals surface area (Å²) in [6.45, 7) is 2.19. The van der Waals surface area contributed by atoms with Gasteiger partial charge in [-0.25, -0.2) is 9.18 Å². The molecule has 3 aromatic carbocycles. The maximum Gasteiger partial charge on any atom is 0.337 e. The maximum absolute atomic E-state index is 15.5. The summed E-state index contributed by atoms with van der Waals surface area (Å²) < 4.78 is 20.9.